The first-order valence-electron chi connectivity index (χ1n) is 13.7. The Bertz CT molecular complexity index is 1130. The van der Waals surface area contributed by atoms with Crippen molar-refractivity contribution in [2.75, 3.05) is 6.61 Å². The molecule has 0 fully saturated rings. The van der Waals surface area contributed by atoms with Crippen molar-refractivity contribution < 1.29 is 27.4 Å². The first-order valence-corrected chi connectivity index (χ1v) is 13.7. The van der Waals surface area contributed by atoms with Crippen LogP contribution in [0, 0.1) is 0 Å². The Morgan fingerprint density at radius 3 is 1.97 bits per heavy atom. The summed E-state index contributed by atoms with van der Waals surface area (Å²) in [7, 11) is 0. The van der Waals surface area contributed by atoms with Gasteiger partial charge in [0.05, 0.1) is 0 Å². The molecule has 0 saturated heterocycles. The molecule has 0 N–H and O–H groups in total. The molecule has 3 rings (SSSR count). The molecule has 0 saturated carbocycles. The Hall–Kier alpha value is -3.26. The van der Waals surface area contributed by atoms with E-state index in [1.54, 1.807) is 24.5 Å². The van der Waals surface area contributed by atoms with E-state index in [4.69, 9.17) is 9.47 Å². The molecule has 0 radical (unpaired) electrons. The van der Waals surface area contributed by atoms with Gasteiger partial charge in [0, 0.05) is 30.1 Å². The number of ether oxygens (including phenoxy) is 2. The summed E-state index contributed by atoms with van der Waals surface area (Å²) in [5, 5.41) is 0. The highest BCUT2D eigenvalue weighted by atomic mass is 19.4. The van der Waals surface area contributed by atoms with Gasteiger partial charge < -0.3 is 9.47 Å². The highest BCUT2D eigenvalue weighted by Crippen LogP contribution is 2.27. The van der Waals surface area contributed by atoms with Gasteiger partial charge in [-0.2, -0.15) is 13.2 Å². The molecule has 1 atom stereocenters. The quantitative estimate of drug-likeness (QED) is 0.110. The number of alkyl halides is 3. The number of esters is 1. The van der Waals surface area contributed by atoms with Gasteiger partial charge in [0.15, 0.2) is 5.82 Å². The molecule has 0 aliphatic heterocycles. The van der Waals surface area contributed by atoms with Gasteiger partial charge in [0.25, 0.3) is 6.10 Å². The van der Waals surface area contributed by atoms with Crippen molar-refractivity contribution in [3.8, 4) is 28.3 Å². The zero-order valence-corrected chi connectivity index (χ0v) is 22.7. The number of carbonyl (C=O) groups excluding carboxylic acids is 1. The maximum Gasteiger partial charge on any atom is 0.425 e. The summed E-state index contributed by atoms with van der Waals surface area (Å²) < 4.78 is 49.6. The van der Waals surface area contributed by atoms with Gasteiger partial charge >= 0.3 is 12.1 Å². The summed E-state index contributed by atoms with van der Waals surface area (Å²) in [6, 6.07) is 14.4. The fourth-order valence-electron chi connectivity index (χ4n) is 4.11. The van der Waals surface area contributed by atoms with E-state index in [9.17, 15) is 18.0 Å². The number of hydrogen-bond donors (Lipinski definition) is 0. The standard InChI is InChI=1S/C31H37F3N2O3/c1-3-5-7-8-9-11-23-12-14-25(15-13-23)29-35-21-26(22-36-29)24-16-18-27(19-17-24)39-30(37)28(31(32,33)34)38-20-10-6-4-2/h12-19,21-22,28H,3-11,20H2,1-2H3. The van der Waals surface area contributed by atoms with Gasteiger partial charge in [-0.25, -0.2) is 14.8 Å². The number of unbranched alkanes of at least 4 members (excludes halogenated alkanes) is 6. The second-order valence-electron chi connectivity index (χ2n) is 9.60. The fourth-order valence-corrected chi connectivity index (χ4v) is 4.11. The summed E-state index contributed by atoms with van der Waals surface area (Å²) in [5.41, 5.74) is 3.70. The molecule has 1 unspecified atom stereocenters. The molecule has 1 heterocycles. The van der Waals surface area contributed by atoms with E-state index in [1.807, 2.05) is 19.1 Å². The van der Waals surface area contributed by atoms with E-state index in [0.717, 1.165) is 36.0 Å². The van der Waals surface area contributed by atoms with E-state index in [2.05, 4.69) is 29.0 Å². The molecule has 5 nitrogen and oxygen atoms in total. The summed E-state index contributed by atoms with van der Waals surface area (Å²) in [4.78, 5) is 21.1. The minimum absolute atomic E-state index is 0.00171. The predicted octanol–water partition coefficient (Wildman–Crippen LogP) is 8.37. The molecule has 2 aromatic carbocycles. The number of carbonyl (C=O) groups is 1. The third kappa shape index (κ3) is 9.77. The number of rotatable bonds is 15. The average Bonchev–Trinajstić information content (AvgIpc) is 2.93. The molecule has 0 bridgehead atoms. The second-order valence-corrected chi connectivity index (χ2v) is 9.60. The summed E-state index contributed by atoms with van der Waals surface area (Å²) in [5.74, 6) is -0.879. The van der Waals surface area contributed by atoms with Crippen LogP contribution in [0.3, 0.4) is 0 Å². The maximum atomic E-state index is 13.3. The van der Waals surface area contributed by atoms with Crippen molar-refractivity contribution in [1.29, 1.82) is 0 Å². The molecule has 0 aliphatic rings. The molecule has 8 heteroatoms. The lowest BCUT2D eigenvalue weighted by atomic mass is 10.0. The molecular formula is C31H37F3N2O3. The van der Waals surface area contributed by atoms with E-state index in [1.165, 1.54) is 49.8 Å². The van der Waals surface area contributed by atoms with Crippen LogP contribution in [0.4, 0.5) is 13.2 Å². The van der Waals surface area contributed by atoms with Crippen molar-refractivity contribution in [3.05, 3.63) is 66.5 Å². The lowest BCUT2D eigenvalue weighted by molar-refractivity contribution is -0.225. The minimum Gasteiger partial charge on any atom is -0.424 e. The highest BCUT2D eigenvalue weighted by Gasteiger charge is 2.47. The monoisotopic (exact) mass is 542 g/mol. The Morgan fingerprint density at radius 1 is 0.769 bits per heavy atom. The lowest BCUT2D eigenvalue weighted by Gasteiger charge is -2.19. The smallest absolute Gasteiger partial charge is 0.424 e. The third-order valence-corrected chi connectivity index (χ3v) is 6.38. The van der Waals surface area contributed by atoms with Crippen LogP contribution in [0.15, 0.2) is 60.9 Å². The van der Waals surface area contributed by atoms with Crippen LogP contribution < -0.4 is 4.74 Å². The molecular weight excluding hydrogens is 505 g/mol. The minimum atomic E-state index is -4.85. The fraction of sp³-hybridized carbons (Fsp3) is 0.452. The van der Waals surface area contributed by atoms with Crippen molar-refractivity contribution in [3.63, 3.8) is 0 Å². The van der Waals surface area contributed by atoms with Gasteiger partial charge in [-0.05, 0) is 42.5 Å². The number of halogens is 3. The van der Waals surface area contributed by atoms with Gasteiger partial charge in [0.1, 0.15) is 5.75 Å². The summed E-state index contributed by atoms with van der Waals surface area (Å²) in [6.45, 7) is 3.98. The van der Waals surface area contributed by atoms with E-state index in [-0.39, 0.29) is 12.4 Å². The largest absolute Gasteiger partial charge is 0.425 e. The van der Waals surface area contributed by atoms with E-state index >= 15 is 0 Å². The Morgan fingerprint density at radius 2 is 1.36 bits per heavy atom. The highest BCUT2D eigenvalue weighted by molar-refractivity contribution is 5.78. The van der Waals surface area contributed by atoms with Gasteiger partial charge in [-0.3, -0.25) is 0 Å². The number of aryl methyl sites for hydroxylation is 1. The number of aromatic nitrogens is 2. The summed E-state index contributed by atoms with van der Waals surface area (Å²) >= 11 is 0. The number of nitrogens with zero attached hydrogens (tertiary/aromatic N) is 2. The van der Waals surface area contributed by atoms with Gasteiger partial charge in [0.2, 0.25) is 0 Å². The first kappa shape index (κ1) is 30.3. The SMILES string of the molecule is CCCCCCCc1ccc(-c2ncc(-c3ccc(OC(=O)C(OCCCCC)C(F)(F)F)cc3)cn2)cc1. The lowest BCUT2D eigenvalue weighted by Crippen LogP contribution is -2.42. The van der Waals surface area contributed by atoms with Crippen LogP contribution in [0.25, 0.3) is 22.5 Å². The molecule has 0 spiro atoms. The second kappa shape index (κ2) is 15.4. The van der Waals surface area contributed by atoms with Crippen LogP contribution in [0.5, 0.6) is 5.75 Å². The Kier molecular flexibility index (Phi) is 11.9. The van der Waals surface area contributed by atoms with Crippen LogP contribution >= 0.6 is 0 Å². The van der Waals surface area contributed by atoms with Crippen LogP contribution in [-0.2, 0) is 16.0 Å². The van der Waals surface area contributed by atoms with E-state index in [0.29, 0.717) is 12.2 Å². The molecule has 3 aromatic rings. The van der Waals surface area contributed by atoms with Gasteiger partial charge in [-0.15, -0.1) is 0 Å². The average molecular weight is 543 g/mol. The predicted molar refractivity (Wildman–Crippen MR) is 146 cm³/mol. The molecule has 0 amide bonds. The maximum absolute atomic E-state index is 13.3. The van der Waals surface area contributed by atoms with Gasteiger partial charge in [-0.1, -0.05) is 88.8 Å². The summed E-state index contributed by atoms with van der Waals surface area (Å²) in [6.07, 6.45) is 5.24. The van der Waals surface area contributed by atoms with E-state index < -0.39 is 18.2 Å². The third-order valence-electron chi connectivity index (χ3n) is 6.38. The Balaban J connectivity index is 1.57. The van der Waals surface area contributed by atoms with Crippen molar-refractivity contribution in [2.45, 2.75) is 83.9 Å². The van der Waals surface area contributed by atoms with Crippen LogP contribution in [0.1, 0.15) is 70.8 Å². The topological polar surface area (TPSA) is 61.3 Å². The molecule has 1 aromatic heterocycles. The molecule has 0 aliphatic carbocycles. The van der Waals surface area contributed by atoms with Crippen LogP contribution in [-0.4, -0.2) is 34.8 Å². The zero-order chi connectivity index (χ0) is 28.1. The Labute approximate surface area is 228 Å². The molecule has 39 heavy (non-hydrogen) atoms. The number of hydrogen-bond acceptors (Lipinski definition) is 5. The number of benzene rings is 2. The first-order chi connectivity index (χ1) is 18.8. The van der Waals surface area contributed by atoms with Crippen LogP contribution in [0.2, 0.25) is 0 Å². The van der Waals surface area contributed by atoms with Crippen molar-refractivity contribution >= 4 is 5.97 Å². The molecule has 210 valence electrons. The zero-order valence-electron chi connectivity index (χ0n) is 22.7. The van der Waals surface area contributed by atoms with Crippen molar-refractivity contribution in [2.24, 2.45) is 0 Å². The normalized spacial score (nSPS) is 12.3. The van der Waals surface area contributed by atoms with Crippen molar-refractivity contribution in [1.82, 2.24) is 9.97 Å².